The van der Waals surface area contributed by atoms with Crippen molar-refractivity contribution in [2.45, 2.75) is 25.7 Å². The smallest absolute Gasteiger partial charge is 0.236 e. The Labute approximate surface area is 142 Å². The van der Waals surface area contributed by atoms with Crippen LogP contribution in [0.15, 0.2) is 34.9 Å². The van der Waals surface area contributed by atoms with Crippen LogP contribution < -0.4 is 0 Å². The minimum absolute atomic E-state index is 0.143. The maximum absolute atomic E-state index is 12.4. The topological polar surface area (TPSA) is 62.5 Å². The average Bonchev–Trinajstić information content (AvgIpc) is 3.22. The van der Waals surface area contributed by atoms with Gasteiger partial charge in [0.05, 0.1) is 6.54 Å². The first-order chi connectivity index (χ1) is 11.6. The Bertz CT molecular complexity index is 671. The average molecular weight is 328 g/mol. The Balaban J connectivity index is 1.45. The molecule has 0 radical (unpaired) electrons. The highest BCUT2D eigenvalue weighted by Gasteiger charge is 2.26. The molecule has 1 aliphatic rings. The van der Waals surface area contributed by atoms with Crippen molar-refractivity contribution >= 4 is 5.91 Å². The van der Waals surface area contributed by atoms with E-state index in [2.05, 4.69) is 39.3 Å². The molecule has 6 heteroatoms. The first-order valence-corrected chi connectivity index (χ1v) is 8.42. The van der Waals surface area contributed by atoms with Gasteiger partial charge >= 0.3 is 0 Å². The molecule has 2 heterocycles. The van der Waals surface area contributed by atoms with Crippen LogP contribution in [0.2, 0.25) is 0 Å². The summed E-state index contributed by atoms with van der Waals surface area (Å²) in [6.07, 6.45) is 1.73. The summed E-state index contributed by atoms with van der Waals surface area (Å²) in [7, 11) is 1.83. The number of benzene rings is 1. The third kappa shape index (κ3) is 4.20. The highest BCUT2D eigenvalue weighted by molar-refractivity contribution is 5.78. The van der Waals surface area contributed by atoms with Crippen LogP contribution in [0.5, 0.6) is 0 Å². The normalized spacial score (nSPS) is 18.0. The molecule has 1 atom stereocenters. The van der Waals surface area contributed by atoms with Crippen molar-refractivity contribution in [3.63, 3.8) is 0 Å². The van der Waals surface area contributed by atoms with E-state index in [0.717, 1.165) is 19.5 Å². The lowest BCUT2D eigenvalue weighted by molar-refractivity contribution is -0.130. The van der Waals surface area contributed by atoms with Crippen LogP contribution in [0.4, 0.5) is 0 Å². The first-order valence-electron chi connectivity index (χ1n) is 8.42. The van der Waals surface area contributed by atoms with Gasteiger partial charge in [-0.25, -0.2) is 0 Å². The Hall–Kier alpha value is -2.21. The van der Waals surface area contributed by atoms with E-state index in [-0.39, 0.29) is 5.91 Å². The van der Waals surface area contributed by atoms with Crippen LogP contribution >= 0.6 is 0 Å². The van der Waals surface area contributed by atoms with Crippen LogP contribution in [-0.4, -0.2) is 59.1 Å². The second-order valence-corrected chi connectivity index (χ2v) is 6.43. The van der Waals surface area contributed by atoms with Crippen molar-refractivity contribution < 1.29 is 9.32 Å². The lowest BCUT2D eigenvalue weighted by Gasteiger charge is -2.21. The fraction of sp³-hybridized carbons (Fsp3) is 0.500. The maximum atomic E-state index is 12.4. The number of hydrogen-bond donors (Lipinski definition) is 0. The van der Waals surface area contributed by atoms with Crippen LogP contribution in [0.25, 0.3) is 0 Å². The Morgan fingerprint density at radius 3 is 2.88 bits per heavy atom. The predicted molar refractivity (Wildman–Crippen MR) is 90.6 cm³/mol. The van der Waals surface area contributed by atoms with Gasteiger partial charge in [0.2, 0.25) is 11.8 Å². The van der Waals surface area contributed by atoms with Gasteiger partial charge in [-0.2, -0.15) is 4.98 Å². The quantitative estimate of drug-likeness (QED) is 0.810. The van der Waals surface area contributed by atoms with Crippen molar-refractivity contribution in [2.75, 3.05) is 33.2 Å². The molecule has 6 nitrogen and oxygen atoms in total. The van der Waals surface area contributed by atoms with Crippen molar-refractivity contribution in [1.82, 2.24) is 19.9 Å². The summed E-state index contributed by atoms with van der Waals surface area (Å²) in [6, 6.07) is 10.6. The van der Waals surface area contributed by atoms with Crippen LogP contribution in [0.1, 0.15) is 29.6 Å². The van der Waals surface area contributed by atoms with E-state index in [1.54, 1.807) is 11.8 Å². The van der Waals surface area contributed by atoms with E-state index >= 15 is 0 Å². The number of hydrogen-bond acceptors (Lipinski definition) is 5. The van der Waals surface area contributed by atoms with Gasteiger partial charge in [-0.05, 0) is 24.4 Å². The van der Waals surface area contributed by atoms with Gasteiger partial charge in [0, 0.05) is 33.5 Å². The third-order valence-corrected chi connectivity index (χ3v) is 4.57. The zero-order chi connectivity index (χ0) is 16.9. The van der Waals surface area contributed by atoms with Gasteiger partial charge in [-0.3, -0.25) is 9.69 Å². The number of nitrogens with zero attached hydrogens (tertiary/aromatic N) is 4. The molecular weight excluding hydrogens is 304 g/mol. The van der Waals surface area contributed by atoms with Crippen LogP contribution in [-0.2, 0) is 11.2 Å². The Morgan fingerprint density at radius 2 is 2.17 bits per heavy atom. The largest absolute Gasteiger partial charge is 0.344 e. The molecular formula is C18H24N4O2. The van der Waals surface area contributed by atoms with Gasteiger partial charge in [0.15, 0.2) is 5.82 Å². The molecule has 0 aliphatic carbocycles. The fourth-order valence-corrected chi connectivity index (χ4v) is 3.12. The number of likely N-dealkylation sites (N-methyl/N-ethyl adjacent to an activating group) is 1. The Kier molecular flexibility index (Phi) is 5.25. The molecule has 1 aliphatic heterocycles. The molecule has 0 spiro atoms. The summed E-state index contributed by atoms with van der Waals surface area (Å²) in [5, 5.41) is 3.86. The van der Waals surface area contributed by atoms with Gasteiger partial charge in [0.25, 0.3) is 0 Å². The molecule has 1 amide bonds. The van der Waals surface area contributed by atoms with Gasteiger partial charge in [0.1, 0.15) is 0 Å². The molecule has 2 aromatic rings. The molecule has 1 aromatic carbocycles. The number of carbonyl (C=O) groups excluding carboxylic acids is 1. The van der Waals surface area contributed by atoms with E-state index in [0.29, 0.717) is 37.1 Å². The SMILES string of the molecule is Cc1nc(CCN(C)C(=O)CN2CC[C@H](c3ccccc3)C2)no1. The number of aryl methyl sites for hydroxylation is 1. The second-order valence-electron chi connectivity index (χ2n) is 6.43. The zero-order valence-electron chi connectivity index (χ0n) is 14.3. The summed E-state index contributed by atoms with van der Waals surface area (Å²) < 4.78 is 4.95. The lowest BCUT2D eigenvalue weighted by Crippen LogP contribution is -2.38. The maximum Gasteiger partial charge on any atom is 0.236 e. The van der Waals surface area contributed by atoms with E-state index in [9.17, 15) is 4.79 Å². The fourth-order valence-electron chi connectivity index (χ4n) is 3.12. The van der Waals surface area contributed by atoms with E-state index in [1.807, 2.05) is 13.1 Å². The van der Waals surface area contributed by atoms with Gasteiger partial charge in [-0.1, -0.05) is 35.5 Å². The molecule has 1 saturated heterocycles. The van der Waals surface area contributed by atoms with Gasteiger partial charge < -0.3 is 9.42 Å². The zero-order valence-corrected chi connectivity index (χ0v) is 14.3. The summed E-state index contributed by atoms with van der Waals surface area (Å²) in [6.45, 7) is 4.78. The number of carbonyl (C=O) groups is 1. The second kappa shape index (κ2) is 7.57. The molecule has 3 rings (SSSR count). The lowest BCUT2D eigenvalue weighted by atomic mass is 9.99. The number of likely N-dealkylation sites (tertiary alicyclic amines) is 1. The Morgan fingerprint density at radius 1 is 1.38 bits per heavy atom. The summed E-state index contributed by atoms with van der Waals surface area (Å²) in [4.78, 5) is 20.5. The molecule has 0 saturated carbocycles. The molecule has 0 N–H and O–H groups in total. The third-order valence-electron chi connectivity index (χ3n) is 4.57. The molecule has 1 aromatic heterocycles. The van der Waals surface area contributed by atoms with E-state index < -0.39 is 0 Å². The van der Waals surface area contributed by atoms with Crippen molar-refractivity contribution in [1.29, 1.82) is 0 Å². The standard InChI is InChI=1S/C18H24N4O2/c1-14-19-17(20-24-14)9-10-21(2)18(23)13-22-11-8-16(12-22)15-6-4-3-5-7-15/h3-7,16H,8-13H2,1-2H3/t16-/m0/s1. The highest BCUT2D eigenvalue weighted by Crippen LogP contribution is 2.26. The summed E-state index contributed by atoms with van der Waals surface area (Å²) >= 11 is 0. The first kappa shape index (κ1) is 16.6. The molecule has 24 heavy (non-hydrogen) atoms. The summed E-state index contributed by atoms with van der Waals surface area (Å²) in [5.41, 5.74) is 1.37. The van der Waals surface area contributed by atoms with Crippen molar-refractivity contribution in [3.8, 4) is 0 Å². The highest BCUT2D eigenvalue weighted by atomic mass is 16.5. The molecule has 0 unspecified atom stereocenters. The van der Waals surface area contributed by atoms with E-state index in [1.165, 1.54) is 5.56 Å². The van der Waals surface area contributed by atoms with E-state index in [4.69, 9.17) is 4.52 Å². The molecule has 1 fully saturated rings. The minimum Gasteiger partial charge on any atom is -0.344 e. The predicted octanol–water partition coefficient (Wildman–Crippen LogP) is 1.87. The number of aromatic nitrogens is 2. The minimum atomic E-state index is 0.143. The van der Waals surface area contributed by atoms with Crippen LogP contribution in [0, 0.1) is 6.92 Å². The molecule has 128 valence electrons. The number of rotatable bonds is 6. The number of amides is 1. The van der Waals surface area contributed by atoms with Crippen LogP contribution in [0.3, 0.4) is 0 Å². The molecule has 0 bridgehead atoms. The van der Waals surface area contributed by atoms with Crippen molar-refractivity contribution in [2.24, 2.45) is 0 Å². The summed E-state index contributed by atoms with van der Waals surface area (Å²) in [5.74, 6) is 1.89. The monoisotopic (exact) mass is 328 g/mol. The van der Waals surface area contributed by atoms with Crippen molar-refractivity contribution in [3.05, 3.63) is 47.6 Å². The van der Waals surface area contributed by atoms with Gasteiger partial charge in [-0.15, -0.1) is 0 Å².